The van der Waals surface area contributed by atoms with Gasteiger partial charge in [0.25, 0.3) is 5.56 Å². The number of anilines is 1. The van der Waals surface area contributed by atoms with Crippen molar-refractivity contribution >= 4 is 11.5 Å². The molecule has 1 atom stereocenters. The highest BCUT2D eigenvalue weighted by Gasteiger charge is 2.21. The van der Waals surface area contributed by atoms with Crippen LogP contribution in [0.2, 0.25) is 0 Å². The summed E-state index contributed by atoms with van der Waals surface area (Å²) in [5.41, 5.74) is 2.03. The highest BCUT2D eigenvalue weighted by molar-refractivity contribution is 5.39. The van der Waals surface area contributed by atoms with Crippen LogP contribution in [0.15, 0.2) is 47.8 Å². The first kappa shape index (κ1) is 16.7. The van der Waals surface area contributed by atoms with E-state index in [0.717, 1.165) is 25.3 Å². The normalized spacial score (nSPS) is 18.3. The van der Waals surface area contributed by atoms with Crippen molar-refractivity contribution in [3.05, 3.63) is 59.0 Å². The predicted molar refractivity (Wildman–Crippen MR) is 98.2 cm³/mol. The summed E-state index contributed by atoms with van der Waals surface area (Å²) in [6.45, 7) is 3.74. The molecule has 4 rings (SSSR count). The van der Waals surface area contributed by atoms with E-state index < -0.39 is 0 Å². The predicted octanol–water partition coefficient (Wildman–Crippen LogP) is 0.741. The van der Waals surface area contributed by atoms with E-state index in [1.165, 1.54) is 10.3 Å². The van der Waals surface area contributed by atoms with Crippen LogP contribution >= 0.6 is 0 Å². The van der Waals surface area contributed by atoms with Crippen LogP contribution in [0.1, 0.15) is 5.69 Å². The van der Waals surface area contributed by atoms with Crippen LogP contribution in [0.5, 0.6) is 0 Å². The van der Waals surface area contributed by atoms with Crippen LogP contribution in [0.3, 0.4) is 0 Å². The Labute approximate surface area is 151 Å². The number of nitrogens with zero attached hydrogens (tertiary/aromatic N) is 5. The Morgan fingerprint density at radius 2 is 2.15 bits per heavy atom. The van der Waals surface area contributed by atoms with E-state index in [4.69, 9.17) is 4.74 Å². The van der Waals surface area contributed by atoms with E-state index in [1.54, 1.807) is 19.4 Å². The Hall–Kier alpha value is -2.71. The van der Waals surface area contributed by atoms with E-state index in [2.05, 4.69) is 30.7 Å². The Morgan fingerprint density at radius 3 is 3.08 bits per heavy atom. The molecule has 0 bridgehead atoms. The molecule has 0 aromatic carbocycles. The number of fused-ring (bicyclic) bond motifs is 1. The second-order valence-corrected chi connectivity index (χ2v) is 6.47. The van der Waals surface area contributed by atoms with Gasteiger partial charge in [-0.3, -0.25) is 9.69 Å². The lowest BCUT2D eigenvalue weighted by molar-refractivity contribution is -0.0245. The summed E-state index contributed by atoms with van der Waals surface area (Å²) in [4.78, 5) is 22.8. The fourth-order valence-corrected chi connectivity index (χ4v) is 3.24. The molecule has 1 aliphatic rings. The van der Waals surface area contributed by atoms with Crippen LogP contribution in [-0.2, 0) is 18.3 Å². The average molecular weight is 354 g/mol. The molecule has 1 unspecified atom stereocenters. The van der Waals surface area contributed by atoms with Crippen LogP contribution in [0.25, 0.3) is 5.65 Å². The van der Waals surface area contributed by atoms with Crippen molar-refractivity contribution in [3.8, 4) is 0 Å². The van der Waals surface area contributed by atoms with Crippen molar-refractivity contribution in [1.82, 2.24) is 23.8 Å². The number of hydrogen-bond acceptors (Lipinski definition) is 6. The van der Waals surface area contributed by atoms with Gasteiger partial charge in [-0.25, -0.2) is 9.97 Å². The topological polar surface area (TPSA) is 76.7 Å². The smallest absolute Gasteiger partial charge is 0.293 e. The highest BCUT2D eigenvalue weighted by Crippen LogP contribution is 2.13. The number of ether oxygens (including phenoxy) is 1. The summed E-state index contributed by atoms with van der Waals surface area (Å²) in [6, 6.07) is 6.16. The molecule has 3 aromatic heterocycles. The Kier molecular flexibility index (Phi) is 4.68. The zero-order valence-corrected chi connectivity index (χ0v) is 14.7. The van der Waals surface area contributed by atoms with E-state index in [-0.39, 0.29) is 11.7 Å². The van der Waals surface area contributed by atoms with E-state index >= 15 is 0 Å². The number of rotatable bonds is 5. The molecule has 3 aromatic rings. The molecule has 8 heteroatoms. The summed E-state index contributed by atoms with van der Waals surface area (Å²) in [5.74, 6) is 0.360. The summed E-state index contributed by atoms with van der Waals surface area (Å²) in [5, 5.41) is 3.12. The van der Waals surface area contributed by atoms with Gasteiger partial charge in [-0.1, -0.05) is 6.07 Å². The molecular formula is C18H22N6O2. The number of pyridine rings is 1. The molecule has 0 saturated carbocycles. The summed E-state index contributed by atoms with van der Waals surface area (Å²) in [6.07, 6.45) is 7.07. The fourth-order valence-electron chi connectivity index (χ4n) is 3.24. The third-order valence-electron chi connectivity index (χ3n) is 4.64. The number of morpholine rings is 1. The molecule has 1 aliphatic heterocycles. The van der Waals surface area contributed by atoms with Gasteiger partial charge in [-0.15, -0.1) is 0 Å². The molecule has 4 heterocycles. The number of aromatic nitrogens is 4. The van der Waals surface area contributed by atoms with Gasteiger partial charge in [-0.05, 0) is 12.1 Å². The first-order chi connectivity index (χ1) is 12.7. The molecule has 1 N–H and O–H groups in total. The van der Waals surface area contributed by atoms with Gasteiger partial charge in [0, 0.05) is 63.7 Å². The maximum absolute atomic E-state index is 12.0. The van der Waals surface area contributed by atoms with Gasteiger partial charge >= 0.3 is 0 Å². The molecule has 26 heavy (non-hydrogen) atoms. The zero-order valence-electron chi connectivity index (χ0n) is 14.7. The van der Waals surface area contributed by atoms with Gasteiger partial charge in [0.05, 0.1) is 12.7 Å². The third-order valence-corrected chi connectivity index (χ3v) is 4.64. The fraction of sp³-hybridized carbons (Fsp3) is 0.389. The Bertz CT molecular complexity index is 950. The minimum Gasteiger partial charge on any atom is -0.374 e. The minimum atomic E-state index is -0.132. The van der Waals surface area contributed by atoms with E-state index in [0.29, 0.717) is 19.0 Å². The standard InChI is InChI=1S/C18H22N6O2/c1-22-7-5-20-17(18(22)25)21-11-15-13-23(9-10-26-15)12-14-3-2-4-16-19-6-8-24(14)16/h2-8,15H,9-13H2,1H3,(H,20,21). The van der Waals surface area contributed by atoms with Gasteiger partial charge in [0.2, 0.25) is 0 Å². The van der Waals surface area contributed by atoms with Crippen molar-refractivity contribution in [3.63, 3.8) is 0 Å². The SMILES string of the molecule is Cn1ccnc(NCC2CN(Cc3cccc4nccn34)CCO2)c1=O. The Balaban J connectivity index is 1.39. The zero-order chi connectivity index (χ0) is 17.9. The first-order valence-electron chi connectivity index (χ1n) is 8.71. The van der Waals surface area contributed by atoms with Crippen LogP contribution in [0.4, 0.5) is 5.82 Å². The van der Waals surface area contributed by atoms with E-state index in [1.807, 2.05) is 24.5 Å². The third kappa shape index (κ3) is 3.47. The number of hydrogen-bond donors (Lipinski definition) is 1. The molecule has 1 saturated heterocycles. The molecule has 0 aliphatic carbocycles. The molecule has 0 radical (unpaired) electrons. The van der Waals surface area contributed by atoms with Gasteiger partial charge in [0.15, 0.2) is 5.82 Å². The van der Waals surface area contributed by atoms with Gasteiger partial charge < -0.3 is 19.0 Å². The lowest BCUT2D eigenvalue weighted by atomic mass is 10.2. The number of nitrogens with one attached hydrogen (secondary N) is 1. The van der Waals surface area contributed by atoms with Crippen molar-refractivity contribution in [2.24, 2.45) is 7.05 Å². The number of aryl methyl sites for hydroxylation is 1. The lowest BCUT2D eigenvalue weighted by Gasteiger charge is -2.33. The highest BCUT2D eigenvalue weighted by atomic mass is 16.5. The van der Waals surface area contributed by atoms with Gasteiger partial charge in [-0.2, -0.15) is 0 Å². The van der Waals surface area contributed by atoms with Crippen molar-refractivity contribution in [2.75, 3.05) is 31.6 Å². The van der Waals surface area contributed by atoms with Crippen molar-refractivity contribution in [2.45, 2.75) is 12.6 Å². The van der Waals surface area contributed by atoms with Crippen LogP contribution in [-0.4, -0.2) is 56.2 Å². The molecular weight excluding hydrogens is 332 g/mol. The second-order valence-electron chi connectivity index (χ2n) is 6.47. The maximum atomic E-state index is 12.0. The lowest BCUT2D eigenvalue weighted by Crippen LogP contribution is -2.45. The largest absolute Gasteiger partial charge is 0.374 e. The Morgan fingerprint density at radius 1 is 1.27 bits per heavy atom. The number of imidazole rings is 1. The molecule has 1 fully saturated rings. The molecule has 0 amide bonds. The van der Waals surface area contributed by atoms with Crippen molar-refractivity contribution in [1.29, 1.82) is 0 Å². The average Bonchev–Trinajstić information content (AvgIpc) is 3.13. The van der Waals surface area contributed by atoms with Gasteiger partial charge in [0.1, 0.15) is 5.65 Å². The summed E-state index contributed by atoms with van der Waals surface area (Å²) >= 11 is 0. The van der Waals surface area contributed by atoms with Crippen LogP contribution in [0, 0.1) is 0 Å². The first-order valence-corrected chi connectivity index (χ1v) is 8.71. The summed E-state index contributed by atoms with van der Waals surface area (Å²) in [7, 11) is 1.71. The summed E-state index contributed by atoms with van der Waals surface area (Å²) < 4.78 is 9.47. The molecule has 8 nitrogen and oxygen atoms in total. The van der Waals surface area contributed by atoms with Crippen molar-refractivity contribution < 1.29 is 4.74 Å². The minimum absolute atomic E-state index is 0.0115. The molecule has 0 spiro atoms. The monoisotopic (exact) mass is 354 g/mol. The molecule has 136 valence electrons. The maximum Gasteiger partial charge on any atom is 0.293 e. The second kappa shape index (κ2) is 7.27. The quantitative estimate of drug-likeness (QED) is 0.728. The van der Waals surface area contributed by atoms with E-state index in [9.17, 15) is 4.79 Å². The van der Waals surface area contributed by atoms with Crippen LogP contribution < -0.4 is 10.9 Å².